The molecule has 0 unspecified atom stereocenters. The molecule has 0 spiro atoms. The maximum atomic E-state index is 13.6. The Bertz CT molecular complexity index is 692. The standard InChI is InChI=1S/C16H14F3NO3/c1-22-13-7-6-10(8-11(13)17)9-15(21)20-12-4-2-3-5-14(12)23-16(18)19/h2-8,16H,9H2,1H3,(H,20,21). The fourth-order valence-electron chi connectivity index (χ4n) is 1.97. The molecule has 0 aliphatic rings. The van der Waals surface area contributed by atoms with Gasteiger partial charge in [0.05, 0.1) is 19.2 Å². The Morgan fingerprint density at radius 3 is 2.57 bits per heavy atom. The van der Waals surface area contributed by atoms with Crippen molar-refractivity contribution in [1.29, 1.82) is 0 Å². The average molecular weight is 325 g/mol. The third kappa shape index (κ3) is 4.64. The third-order valence-electron chi connectivity index (χ3n) is 2.96. The van der Waals surface area contributed by atoms with Crippen LogP contribution in [0.15, 0.2) is 42.5 Å². The fourth-order valence-corrected chi connectivity index (χ4v) is 1.97. The molecule has 0 heterocycles. The summed E-state index contributed by atoms with van der Waals surface area (Å²) in [6, 6.07) is 9.96. The van der Waals surface area contributed by atoms with Crippen molar-refractivity contribution in [3.63, 3.8) is 0 Å². The van der Waals surface area contributed by atoms with Crippen LogP contribution in [0.25, 0.3) is 0 Å². The minimum Gasteiger partial charge on any atom is -0.494 e. The summed E-state index contributed by atoms with van der Waals surface area (Å²) in [7, 11) is 1.34. The second kappa shape index (κ2) is 7.53. The van der Waals surface area contributed by atoms with Crippen molar-refractivity contribution in [2.75, 3.05) is 12.4 Å². The third-order valence-corrected chi connectivity index (χ3v) is 2.96. The first-order chi connectivity index (χ1) is 11.0. The number of halogens is 3. The highest BCUT2D eigenvalue weighted by Crippen LogP contribution is 2.26. The Labute approximate surface area is 130 Å². The van der Waals surface area contributed by atoms with Crippen LogP contribution in [0.3, 0.4) is 0 Å². The number of alkyl halides is 2. The lowest BCUT2D eigenvalue weighted by Gasteiger charge is -2.12. The maximum Gasteiger partial charge on any atom is 0.387 e. The zero-order chi connectivity index (χ0) is 16.8. The normalized spacial score (nSPS) is 10.5. The van der Waals surface area contributed by atoms with Gasteiger partial charge in [-0.1, -0.05) is 18.2 Å². The lowest BCUT2D eigenvalue weighted by atomic mass is 10.1. The van der Waals surface area contributed by atoms with E-state index in [0.29, 0.717) is 5.56 Å². The quantitative estimate of drug-likeness (QED) is 0.882. The summed E-state index contributed by atoms with van der Waals surface area (Å²) < 4.78 is 47.3. The van der Waals surface area contributed by atoms with Gasteiger partial charge < -0.3 is 14.8 Å². The van der Waals surface area contributed by atoms with Gasteiger partial charge >= 0.3 is 6.61 Å². The molecular weight excluding hydrogens is 311 g/mol. The van der Waals surface area contributed by atoms with E-state index in [-0.39, 0.29) is 23.6 Å². The molecule has 0 bridgehead atoms. The van der Waals surface area contributed by atoms with Crippen LogP contribution in [-0.4, -0.2) is 19.6 Å². The molecule has 0 atom stereocenters. The minimum absolute atomic E-state index is 0.0739. The van der Waals surface area contributed by atoms with Gasteiger partial charge in [0, 0.05) is 0 Å². The lowest BCUT2D eigenvalue weighted by molar-refractivity contribution is -0.115. The highest BCUT2D eigenvalue weighted by molar-refractivity contribution is 5.93. The summed E-state index contributed by atoms with van der Waals surface area (Å²) in [4.78, 5) is 12.0. The summed E-state index contributed by atoms with van der Waals surface area (Å²) in [5.74, 6) is -1.14. The Balaban J connectivity index is 2.07. The summed E-state index contributed by atoms with van der Waals surface area (Å²) in [5, 5.41) is 2.46. The molecule has 0 radical (unpaired) electrons. The van der Waals surface area contributed by atoms with Gasteiger partial charge in [0.15, 0.2) is 11.6 Å². The molecule has 2 rings (SSSR count). The Morgan fingerprint density at radius 1 is 1.17 bits per heavy atom. The van der Waals surface area contributed by atoms with Crippen molar-refractivity contribution >= 4 is 11.6 Å². The highest BCUT2D eigenvalue weighted by atomic mass is 19.3. The van der Waals surface area contributed by atoms with Crippen LogP contribution in [0.4, 0.5) is 18.9 Å². The van der Waals surface area contributed by atoms with Crippen LogP contribution in [0.5, 0.6) is 11.5 Å². The van der Waals surface area contributed by atoms with Gasteiger partial charge in [0.2, 0.25) is 5.91 Å². The van der Waals surface area contributed by atoms with Crippen molar-refractivity contribution in [1.82, 2.24) is 0 Å². The van der Waals surface area contributed by atoms with E-state index in [4.69, 9.17) is 4.74 Å². The number of nitrogens with one attached hydrogen (secondary N) is 1. The van der Waals surface area contributed by atoms with Crippen LogP contribution in [-0.2, 0) is 11.2 Å². The summed E-state index contributed by atoms with van der Waals surface area (Å²) in [6.45, 7) is -3.00. The monoisotopic (exact) mass is 325 g/mol. The van der Waals surface area contributed by atoms with Gasteiger partial charge in [-0.3, -0.25) is 4.79 Å². The number of amides is 1. The number of carbonyl (C=O) groups is 1. The molecule has 23 heavy (non-hydrogen) atoms. The van der Waals surface area contributed by atoms with Crippen LogP contribution < -0.4 is 14.8 Å². The molecule has 1 amide bonds. The number of rotatable bonds is 6. The zero-order valence-electron chi connectivity index (χ0n) is 12.2. The molecule has 7 heteroatoms. The first kappa shape index (κ1) is 16.7. The predicted molar refractivity (Wildman–Crippen MR) is 78.4 cm³/mol. The fraction of sp³-hybridized carbons (Fsp3) is 0.188. The SMILES string of the molecule is COc1ccc(CC(=O)Nc2ccccc2OC(F)F)cc1F. The predicted octanol–water partition coefficient (Wildman–Crippen LogP) is 3.62. The summed E-state index contributed by atoms with van der Waals surface area (Å²) >= 11 is 0. The van der Waals surface area contributed by atoms with Gasteiger partial charge in [-0.2, -0.15) is 8.78 Å². The number of methoxy groups -OCH3 is 1. The number of carbonyl (C=O) groups excluding carboxylic acids is 1. The van der Waals surface area contributed by atoms with Gasteiger partial charge in [-0.15, -0.1) is 0 Å². The topological polar surface area (TPSA) is 47.6 Å². The van der Waals surface area contributed by atoms with Crippen molar-refractivity contribution in [3.8, 4) is 11.5 Å². The van der Waals surface area contributed by atoms with E-state index in [1.54, 1.807) is 12.1 Å². The van der Waals surface area contributed by atoms with E-state index in [2.05, 4.69) is 10.1 Å². The molecule has 0 aromatic heterocycles. The van der Waals surface area contributed by atoms with E-state index < -0.39 is 18.3 Å². The molecule has 1 N–H and O–H groups in total. The second-order valence-electron chi connectivity index (χ2n) is 4.57. The van der Waals surface area contributed by atoms with Gasteiger partial charge in [0.1, 0.15) is 5.75 Å². The maximum absolute atomic E-state index is 13.6. The van der Waals surface area contributed by atoms with Crippen molar-refractivity contribution in [2.24, 2.45) is 0 Å². The van der Waals surface area contributed by atoms with Gasteiger partial charge in [-0.25, -0.2) is 4.39 Å². The van der Waals surface area contributed by atoms with E-state index in [1.165, 1.54) is 37.4 Å². The first-order valence-electron chi connectivity index (χ1n) is 6.65. The summed E-state index contributed by atoms with van der Waals surface area (Å²) in [6.07, 6.45) is -0.121. The number of hydrogen-bond donors (Lipinski definition) is 1. The molecule has 4 nitrogen and oxygen atoms in total. The molecule has 0 saturated heterocycles. The Morgan fingerprint density at radius 2 is 1.91 bits per heavy atom. The Hall–Kier alpha value is -2.70. The molecule has 0 saturated carbocycles. The van der Waals surface area contributed by atoms with E-state index in [1.807, 2.05) is 0 Å². The number of ether oxygens (including phenoxy) is 2. The van der Waals surface area contributed by atoms with Crippen molar-refractivity contribution < 1.29 is 27.4 Å². The van der Waals surface area contributed by atoms with E-state index >= 15 is 0 Å². The van der Waals surface area contributed by atoms with E-state index in [0.717, 1.165) is 0 Å². The molecular formula is C16H14F3NO3. The largest absolute Gasteiger partial charge is 0.494 e. The molecule has 122 valence electrons. The molecule has 2 aromatic rings. The van der Waals surface area contributed by atoms with Crippen LogP contribution >= 0.6 is 0 Å². The van der Waals surface area contributed by atoms with Crippen molar-refractivity contribution in [3.05, 3.63) is 53.8 Å². The summed E-state index contributed by atoms with van der Waals surface area (Å²) in [5.41, 5.74) is 0.542. The van der Waals surface area contributed by atoms with Gasteiger partial charge in [0.25, 0.3) is 0 Å². The minimum atomic E-state index is -3.00. The molecule has 0 aliphatic heterocycles. The number of hydrogen-bond acceptors (Lipinski definition) is 3. The number of para-hydroxylation sites is 2. The van der Waals surface area contributed by atoms with Gasteiger partial charge in [-0.05, 0) is 29.8 Å². The molecule has 2 aromatic carbocycles. The van der Waals surface area contributed by atoms with E-state index in [9.17, 15) is 18.0 Å². The Kier molecular flexibility index (Phi) is 5.46. The molecule has 0 aliphatic carbocycles. The smallest absolute Gasteiger partial charge is 0.387 e. The molecule has 0 fully saturated rings. The van der Waals surface area contributed by atoms with Crippen LogP contribution in [0.1, 0.15) is 5.56 Å². The highest BCUT2D eigenvalue weighted by Gasteiger charge is 2.12. The zero-order valence-corrected chi connectivity index (χ0v) is 12.2. The van der Waals surface area contributed by atoms with Crippen LogP contribution in [0, 0.1) is 5.82 Å². The van der Waals surface area contributed by atoms with Crippen LogP contribution in [0.2, 0.25) is 0 Å². The second-order valence-corrected chi connectivity index (χ2v) is 4.57. The lowest BCUT2D eigenvalue weighted by Crippen LogP contribution is -2.16. The number of anilines is 1. The number of benzene rings is 2. The first-order valence-corrected chi connectivity index (χ1v) is 6.65. The van der Waals surface area contributed by atoms with Crippen molar-refractivity contribution in [2.45, 2.75) is 13.0 Å². The average Bonchev–Trinajstić information content (AvgIpc) is 2.49.